The maximum Gasteiger partial charge on any atom is 0.341 e. The molecule has 3 rings (SSSR count). The zero-order valence-electron chi connectivity index (χ0n) is 17.5. The van der Waals surface area contributed by atoms with Gasteiger partial charge in [-0.15, -0.1) is 28.1 Å². The number of anilines is 1. The van der Waals surface area contributed by atoms with Gasteiger partial charge in [0.15, 0.2) is 11.0 Å². The molecule has 0 saturated carbocycles. The summed E-state index contributed by atoms with van der Waals surface area (Å²) in [7, 11) is 1.34. The van der Waals surface area contributed by atoms with E-state index in [1.807, 2.05) is 36.6 Å². The minimum Gasteiger partial charge on any atom is -0.465 e. The molecule has 0 fully saturated rings. The Morgan fingerprint density at radius 3 is 2.81 bits per heavy atom. The Morgan fingerprint density at radius 1 is 1.35 bits per heavy atom. The zero-order valence-corrected chi connectivity index (χ0v) is 19.2. The van der Waals surface area contributed by atoms with E-state index in [2.05, 4.69) is 27.1 Å². The summed E-state index contributed by atoms with van der Waals surface area (Å²) in [6.07, 6.45) is 4.11. The number of pyridine rings is 1. The fourth-order valence-electron chi connectivity index (χ4n) is 3.08. The molecule has 0 aliphatic heterocycles. The van der Waals surface area contributed by atoms with Crippen molar-refractivity contribution in [3.05, 3.63) is 53.1 Å². The van der Waals surface area contributed by atoms with Crippen LogP contribution < -0.4 is 5.32 Å². The number of nitrogens with one attached hydrogen (secondary N) is 1. The molecule has 162 valence electrons. The normalized spacial score (nSPS) is 10.7. The standard InChI is InChI=1S/C21H23N5O3S2/c1-5-11-26-18(15-9-7-8-10-22-15)24-25-21(26)30-12-16(27)23-19-17(20(28)29-4)14(6-2)13(3)31-19/h5,7-10H,1,6,11-12H2,2-4H3,(H,23,27). The third kappa shape index (κ3) is 5.02. The average Bonchev–Trinajstić information content (AvgIpc) is 3.32. The second kappa shape index (κ2) is 10.4. The predicted molar refractivity (Wildman–Crippen MR) is 123 cm³/mol. The van der Waals surface area contributed by atoms with Gasteiger partial charge in [0.25, 0.3) is 0 Å². The largest absolute Gasteiger partial charge is 0.465 e. The molecule has 0 aromatic carbocycles. The molecule has 10 heteroatoms. The Bertz CT molecular complexity index is 1090. The number of esters is 1. The van der Waals surface area contributed by atoms with Crippen molar-refractivity contribution in [2.45, 2.75) is 32.0 Å². The number of allylic oxidation sites excluding steroid dienone is 1. The monoisotopic (exact) mass is 457 g/mol. The maximum atomic E-state index is 12.6. The van der Waals surface area contributed by atoms with Gasteiger partial charge in [0.2, 0.25) is 5.91 Å². The number of hydrogen-bond donors (Lipinski definition) is 1. The van der Waals surface area contributed by atoms with E-state index in [-0.39, 0.29) is 11.7 Å². The van der Waals surface area contributed by atoms with Crippen LogP contribution in [0.15, 0.2) is 42.2 Å². The Morgan fingerprint density at radius 2 is 2.16 bits per heavy atom. The van der Waals surface area contributed by atoms with Crippen LogP contribution >= 0.6 is 23.1 Å². The Balaban J connectivity index is 1.76. The van der Waals surface area contributed by atoms with E-state index in [1.54, 1.807) is 12.3 Å². The molecule has 3 aromatic heterocycles. The number of rotatable bonds is 9. The van der Waals surface area contributed by atoms with Crippen molar-refractivity contribution in [3.63, 3.8) is 0 Å². The van der Waals surface area contributed by atoms with E-state index >= 15 is 0 Å². The number of ether oxygens (including phenoxy) is 1. The number of aryl methyl sites for hydroxylation is 1. The molecule has 3 aromatic rings. The van der Waals surface area contributed by atoms with Crippen molar-refractivity contribution in [2.24, 2.45) is 0 Å². The second-order valence-corrected chi connectivity index (χ2v) is 8.61. The number of carbonyl (C=O) groups excluding carboxylic acids is 2. The van der Waals surface area contributed by atoms with Crippen LogP contribution in [0.25, 0.3) is 11.5 Å². The van der Waals surface area contributed by atoms with Crippen LogP contribution in [0.2, 0.25) is 0 Å². The number of nitrogens with zero attached hydrogens (tertiary/aromatic N) is 4. The van der Waals surface area contributed by atoms with E-state index in [0.717, 1.165) is 10.4 Å². The number of methoxy groups -OCH3 is 1. The van der Waals surface area contributed by atoms with Gasteiger partial charge in [-0.05, 0) is 31.0 Å². The number of amides is 1. The van der Waals surface area contributed by atoms with E-state index in [9.17, 15) is 9.59 Å². The minimum absolute atomic E-state index is 0.108. The second-order valence-electron chi connectivity index (χ2n) is 6.44. The first-order chi connectivity index (χ1) is 15.0. The predicted octanol–water partition coefficient (Wildman–Crippen LogP) is 3.98. The lowest BCUT2D eigenvalue weighted by Gasteiger charge is -2.08. The number of aromatic nitrogens is 4. The topological polar surface area (TPSA) is 99.0 Å². The highest BCUT2D eigenvalue weighted by Gasteiger charge is 2.23. The highest BCUT2D eigenvalue weighted by molar-refractivity contribution is 7.99. The first kappa shape index (κ1) is 22.7. The summed E-state index contributed by atoms with van der Waals surface area (Å²) < 4.78 is 6.76. The van der Waals surface area contributed by atoms with Crippen LogP contribution in [0.3, 0.4) is 0 Å². The molecule has 1 N–H and O–H groups in total. The summed E-state index contributed by atoms with van der Waals surface area (Å²) >= 11 is 2.63. The molecule has 3 heterocycles. The van der Waals surface area contributed by atoms with Gasteiger partial charge in [0, 0.05) is 17.6 Å². The van der Waals surface area contributed by atoms with Gasteiger partial charge in [0.05, 0.1) is 18.4 Å². The lowest BCUT2D eigenvalue weighted by Crippen LogP contribution is -2.16. The summed E-state index contributed by atoms with van der Waals surface area (Å²) in [4.78, 5) is 30.2. The van der Waals surface area contributed by atoms with Gasteiger partial charge < -0.3 is 10.1 Å². The SMILES string of the molecule is C=CCn1c(SCC(=O)Nc2sc(C)c(CC)c2C(=O)OC)nnc1-c1ccccn1. The molecule has 0 aliphatic rings. The van der Waals surface area contributed by atoms with E-state index in [4.69, 9.17) is 4.74 Å². The van der Waals surface area contributed by atoms with Crippen LogP contribution in [0.4, 0.5) is 5.00 Å². The molecule has 0 bridgehead atoms. The van der Waals surface area contributed by atoms with Crippen molar-refractivity contribution in [3.8, 4) is 11.5 Å². The Labute approximate surface area is 188 Å². The summed E-state index contributed by atoms with van der Waals surface area (Å²) in [5.74, 6) is 0.0237. The molecule has 0 radical (unpaired) electrons. The van der Waals surface area contributed by atoms with Crippen molar-refractivity contribution in [1.29, 1.82) is 0 Å². The smallest absolute Gasteiger partial charge is 0.341 e. The minimum atomic E-state index is -0.449. The fraction of sp³-hybridized carbons (Fsp3) is 0.286. The van der Waals surface area contributed by atoms with Gasteiger partial charge >= 0.3 is 5.97 Å². The number of thioether (sulfide) groups is 1. The van der Waals surface area contributed by atoms with Crippen LogP contribution in [0.5, 0.6) is 0 Å². The summed E-state index contributed by atoms with van der Waals surface area (Å²) in [6.45, 7) is 8.17. The van der Waals surface area contributed by atoms with Crippen LogP contribution in [-0.4, -0.2) is 44.5 Å². The molecular weight excluding hydrogens is 434 g/mol. The lowest BCUT2D eigenvalue weighted by atomic mass is 10.1. The molecule has 0 spiro atoms. The quantitative estimate of drug-likeness (QED) is 0.295. The molecule has 0 unspecified atom stereocenters. The molecule has 31 heavy (non-hydrogen) atoms. The van der Waals surface area contributed by atoms with Gasteiger partial charge in [-0.1, -0.05) is 30.8 Å². The first-order valence-corrected chi connectivity index (χ1v) is 11.4. The third-order valence-electron chi connectivity index (χ3n) is 4.46. The Kier molecular flexibility index (Phi) is 7.59. The van der Waals surface area contributed by atoms with Crippen molar-refractivity contribution in [1.82, 2.24) is 19.7 Å². The van der Waals surface area contributed by atoms with E-state index in [1.165, 1.54) is 30.2 Å². The molecule has 0 saturated heterocycles. The third-order valence-corrected chi connectivity index (χ3v) is 6.49. The van der Waals surface area contributed by atoms with Crippen molar-refractivity contribution >= 4 is 40.0 Å². The molecular formula is C21H23N5O3S2. The zero-order chi connectivity index (χ0) is 22.4. The highest BCUT2D eigenvalue weighted by atomic mass is 32.2. The summed E-state index contributed by atoms with van der Waals surface area (Å²) in [5, 5.41) is 12.4. The first-order valence-electron chi connectivity index (χ1n) is 9.58. The number of carbonyl (C=O) groups is 2. The maximum absolute atomic E-state index is 12.6. The summed E-state index contributed by atoms with van der Waals surface area (Å²) in [6, 6.07) is 5.56. The van der Waals surface area contributed by atoms with E-state index in [0.29, 0.717) is 40.2 Å². The van der Waals surface area contributed by atoms with Crippen LogP contribution in [-0.2, 0) is 22.5 Å². The van der Waals surface area contributed by atoms with Gasteiger partial charge in [-0.3, -0.25) is 14.3 Å². The van der Waals surface area contributed by atoms with Gasteiger partial charge in [-0.2, -0.15) is 0 Å². The highest BCUT2D eigenvalue weighted by Crippen LogP contribution is 2.34. The van der Waals surface area contributed by atoms with Gasteiger partial charge in [0.1, 0.15) is 10.7 Å². The van der Waals surface area contributed by atoms with Gasteiger partial charge in [-0.25, -0.2) is 4.79 Å². The molecule has 1 amide bonds. The van der Waals surface area contributed by atoms with E-state index < -0.39 is 5.97 Å². The molecule has 0 aliphatic carbocycles. The van der Waals surface area contributed by atoms with Crippen molar-refractivity contribution < 1.29 is 14.3 Å². The van der Waals surface area contributed by atoms with Crippen LogP contribution in [0, 0.1) is 6.92 Å². The van der Waals surface area contributed by atoms with Crippen molar-refractivity contribution in [2.75, 3.05) is 18.2 Å². The lowest BCUT2D eigenvalue weighted by molar-refractivity contribution is -0.113. The molecule has 0 atom stereocenters. The fourth-order valence-corrected chi connectivity index (χ4v) is 4.97. The number of thiophene rings is 1. The van der Waals surface area contributed by atoms with Crippen LogP contribution in [0.1, 0.15) is 27.7 Å². The number of hydrogen-bond acceptors (Lipinski definition) is 8. The Hall–Kier alpha value is -2.98. The average molecular weight is 458 g/mol. The molecule has 8 nitrogen and oxygen atoms in total. The summed E-state index contributed by atoms with van der Waals surface area (Å²) in [5.41, 5.74) is 2.01.